The SMILES string of the molecule is CC(C)(C)OC(=O)N1CC[C@H](Oc2ccc(N3COc4cc(-c5ccccc5)ccc4C3=O)cc2)C1. The average Bonchev–Trinajstić information content (AvgIpc) is 3.33. The number of hydrogen-bond donors (Lipinski definition) is 0. The van der Waals surface area contributed by atoms with Gasteiger partial charge in [0.15, 0.2) is 6.73 Å². The molecule has 2 aliphatic rings. The lowest BCUT2D eigenvalue weighted by Gasteiger charge is -2.29. The van der Waals surface area contributed by atoms with Gasteiger partial charge in [0, 0.05) is 18.7 Å². The molecule has 5 rings (SSSR count). The largest absolute Gasteiger partial charge is 0.489 e. The molecular weight excluding hydrogens is 456 g/mol. The summed E-state index contributed by atoms with van der Waals surface area (Å²) in [6.07, 6.45) is 0.319. The molecule has 2 heterocycles. The Morgan fingerprint density at radius 1 is 0.972 bits per heavy atom. The van der Waals surface area contributed by atoms with Crippen LogP contribution < -0.4 is 14.4 Å². The molecule has 0 unspecified atom stereocenters. The van der Waals surface area contributed by atoms with Gasteiger partial charge in [-0.2, -0.15) is 0 Å². The topological polar surface area (TPSA) is 68.3 Å². The summed E-state index contributed by atoms with van der Waals surface area (Å²) in [7, 11) is 0. The zero-order valence-electron chi connectivity index (χ0n) is 20.8. The summed E-state index contributed by atoms with van der Waals surface area (Å²) in [5.74, 6) is 1.18. The number of likely N-dealkylation sites (tertiary alicyclic amines) is 1. The minimum Gasteiger partial charge on any atom is -0.489 e. The second-order valence-electron chi connectivity index (χ2n) is 10.0. The summed E-state index contributed by atoms with van der Waals surface area (Å²) in [5.41, 5.74) is 2.83. The lowest BCUT2D eigenvalue weighted by atomic mass is 10.0. The standard InChI is InChI=1S/C29H30N2O5/c1-29(2,3)36-28(33)30-16-15-24(18-30)35-23-12-10-22(11-13-23)31-19-34-26-17-21(9-14-25(26)27(31)32)20-7-5-4-6-8-20/h4-14,17,24H,15-16,18-19H2,1-3H3/t24-/m0/s1. The van der Waals surface area contributed by atoms with Gasteiger partial charge in [-0.25, -0.2) is 4.79 Å². The number of carbonyl (C=O) groups excluding carboxylic acids is 2. The predicted molar refractivity (Wildman–Crippen MR) is 137 cm³/mol. The molecule has 3 aromatic rings. The van der Waals surface area contributed by atoms with Gasteiger partial charge in [0.1, 0.15) is 23.2 Å². The van der Waals surface area contributed by atoms with E-state index in [4.69, 9.17) is 14.2 Å². The van der Waals surface area contributed by atoms with Gasteiger partial charge in [-0.1, -0.05) is 36.4 Å². The number of amides is 2. The van der Waals surface area contributed by atoms with E-state index in [9.17, 15) is 9.59 Å². The van der Waals surface area contributed by atoms with Crippen molar-refractivity contribution in [1.82, 2.24) is 4.90 Å². The molecule has 2 amide bonds. The van der Waals surface area contributed by atoms with E-state index in [-0.39, 0.29) is 24.8 Å². The summed E-state index contributed by atoms with van der Waals surface area (Å²) in [6.45, 7) is 6.79. The molecule has 2 aliphatic heterocycles. The summed E-state index contributed by atoms with van der Waals surface area (Å²) in [5, 5.41) is 0. The van der Waals surface area contributed by atoms with E-state index < -0.39 is 5.60 Å². The second kappa shape index (κ2) is 9.57. The Hall–Kier alpha value is -4.00. The van der Waals surface area contributed by atoms with E-state index in [1.165, 1.54) is 0 Å². The third-order valence-electron chi connectivity index (χ3n) is 6.16. The lowest BCUT2D eigenvalue weighted by Crippen LogP contribution is -2.38. The normalized spacial score (nSPS) is 17.4. The number of ether oxygens (including phenoxy) is 3. The molecular formula is C29H30N2O5. The number of anilines is 1. The fourth-order valence-electron chi connectivity index (χ4n) is 4.37. The minimum absolute atomic E-state index is 0.103. The van der Waals surface area contributed by atoms with Crippen molar-refractivity contribution in [2.45, 2.75) is 38.9 Å². The lowest BCUT2D eigenvalue weighted by molar-refractivity contribution is 0.0275. The van der Waals surface area contributed by atoms with E-state index in [0.29, 0.717) is 30.2 Å². The summed E-state index contributed by atoms with van der Waals surface area (Å²) < 4.78 is 17.5. The maximum Gasteiger partial charge on any atom is 0.410 e. The summed E-state index contributed by atoms with van der Waals surface area (Å²) in [6, 6.07) is 23.1. The Balaban J connectivity index is 1.22. The third-order valence-corrected chi connectivity index (χ3v) is 6.16. The van der Waals surface area contributed by atoms with Crippen LogP contribution in [-0.4, -0.2) is 48.4 Å². The Bertz CT molecular complexity index is 1250. The Morgan fingerprint density at radius 3 is 2.44 bits per heavy atom. The quantitative estimate of drug-likeness (QED) is 0.471. The zero-order chi connectivity index (χ0) is 25.3. The van der Waals surface area contributed by atoms with Gasteiger partial charge >= 0.3 is 6.09 Å². The number of carbonyl (C=O) groups is 2. The Kier molecular flexibility index (Phi) is 6.31. The fourth-order valence-corrected chi connectivity index (χ4v) is 4.37. The van der Waals surface area contributed by atoms with Crippen LogP contribution in [0.2, 0.25) is 0 Å². The molecule has 1 atom stereocenters. The maximum atomic E-state index is 13.2. The van der Waals surface area contributed by atoms with Crippen molar-refractivity contribution in [3.63, 3.8) is 0 Å². The first-order chi connectivity index (χ1) is 17.3. The van der Waals surface area contributed by atoms with Crippen molar-refractivity contribution >= 4 is 17.7 Å². The molecule has 0 spiro atoms. The molecule has 0 bridgehead atoms. The highest BCUT2D eigenvalue weighted by Gasteiger charge is 2.31. The molecule has 0 N–H and O–H groups in total. The van der Waals surface area contributed by atoms with Crippen LogP contribution in [0.15, 0.2) is 72.8 Å². The first-order valence-electron chi connectivity index (χ1n) is 12.2. The van der Waals surface area contributed by atoms with Crippen molar-refractivity contribution in [2.75, 3.05) is 24.7 Å². The monoisotopic (exact) mass is 486 g/mol. The molecule has 7 heteroatoms. The molecule has 186 valence electrons. The summed E-state index contributed by atoms with van der Waals surface area (Å²) in [4.78, 5) is 28.8. The van der Waals surface area contributed by atoms with Gasteiger partial charge < -0.3 is 19.1 Å². The molecule has 36 heavy (non-hydrogen) atoms. The second-order valence-corrected chi connectivity index (χ2v) is 10.0. The Morgan fingerprint density at radius 2 is 1.72 bits per heavy atom. The third kappa shape index (κ3) is 5.15. The highest BCUT2D eigenvalue weighted by atomic mass is 16.6. The van der Waals surface area contributed by atoms with Crippen LogP contribution in [0.3, 0.4) is 0 Å². The van der Waals surface area contributed by atoms with Crippen molar-refractivity contribution in [3.8, 4) is 22.6 Å². The van der Waals surface area contributed by atoms with Gasteiger partial charge in [0.05, 0.1) is 12.1 Å². The summed E-state index contributed by atoms with van der Waals surface area (Å²) >= 11 is 0. The van der Waals surface area contributed by atoms with E-state index >= 15 is 0 Å². The number of benzene rings is 3. The average molecular weight is 487 g/mol. The smallest absolute Gasteiger partial charge is 0.410 e. The molecule has 1 fully saturated rings. The van der Waals surface area contributed by atoms with Crippen molar-refractivity contribution < 1.29 is 23.8 Å². The van der Waals surface area contributed by atoms with E-state index in [1.807, 2.05) is 93.6 Å². The van der Waals surface area contributed by atoms with Gasteiger partial charge in [0.25, 0.3) is 5.91 Å². The van der Waals surface area contributed by atoms with Crippen LogP contribution in [0.1, 0.15) is 37.6 Å². The molecule has 0 radical (unpaired) electrons. The molecule has 0 aromatic heterocycles. The zero-order valence-corrected chi connectivity index (χ0v) is 20.8. The van der Waals surface area contributed by atoms with Crippen molar-refractivity contribution in [2.24, 2.45) is 0 Å². The molecule has 7 nitrogen and oxygen atoms in total. The molecule has 0 aliphatic carbocycles. The fraction of sp³-hybridized carbons (Fsp3) is 0.310. The van der Waals surface area contributed by atoms with Crippen LogP contribution in [0, 0.1) is 0 Å². The highest BCUT2D eigenvalue weighted by Crippen LogP contribution is 2.33. The molecule has 0 saturated carbocycles. The van der Waals surface area contributed by atoms with Gasteiger partial charge in [0.2, 0.25) is 0 Å². The number of hydrogen-bond acceptors (Lipinski definition) is 5. The Labute approximate surface area is 211 Å². The van der Waals surface area contributed by atoms with Crippen LogP contribution in [0.4, 0.5) is 10.5 Å². The van der Waals surface area contributed by atoms with Crippen LogP contribution in [-0.2, 0) is 4.74 Å². The first kappa shape index (κ1) is 23.7. The minimum atomic E-state index is -0.522. The van der Waals surface area contributed by atoms with Crippen LogP contribution in [0.25, 0.3) is 11.1 Å². The highest BCUT2D eigenvalue weighted by molar-refractivity contribution is 6.09. The van der Waals surface area contributed by atoms with Gasteiger partial charge in [-0.15, -0.1) is 0 Å². The van der Waals surface area contributed by atoms with E-state index in [1.54, 1.807) is 9.80 Å². The van der Waals surface area contributed by atoms with Gasteiger partial charge in [-0.05, 0) is 68.3 Å². The van der Waals surface area contributed by atoms with Crippen LogP contribution >= 0.6 is 0 Å². The predicted octanol–water partition coefficient (Wildman–Crippen LogP) is 5.74. The van der Waals surface area contributed by atoms with E-state index in [0.717, 1.165) is 23.2 Å². The number of nitrogens with zero attached hydrogens (tertiary/aromatic N) is 2. The first-order valence-corrected chi connectivity index (χ1v) is 12.2. The van der Waals surface area contributed by atoms with Crippen molar-refractivity contribution in [3.05, 3.63) is 78.4 Å². The van der Waals surface area contributed by atoms with Crippen LogP contribution in [0.5, 0.6) is 11.5 Å². The van der Waals surface area contributed by atoms with Gasteiger partial charge in [-0.3, -0.25) is 9.69 Å². The van der Waals surface area contributed by atoms with Crippen molar-refractivity contribution in [1.29, 1.82) is 0 Å². The maximum absolute atomic E-state index is 13.2. The van der Waals surface area contributed by atoms with E-state index in [2.05, 4.69) is 0 Å². The number of rotatable bonds is 4. The molecule has 3 aromatic carbocycles. The molecule has 1 saturated heterocycles. The number of fused-ring (bicyclic) bond motifs is 1.